The summed E-state index contributed by atoms with van der Waals surface area (Å²) in [6, 6.07) is 11.6. The van der Waals surface area contributed by atoms with Gasteiger partial charge >= 0.3 is 6.18 Å². The highest BCUT2D eigenvalue weighted by Gasteiger charge is 2.32. The van der Waals surface area contributed by atoms with Gasteiger partial charge in [-0.25, -0.2) is 12.7 Å². The molecule has 0 bridgehead atoms. The van der Waals surface area contributed by atoms with Crippen molar-refractivity contribution in [3.05, 3.63) is 65.2 Å². The van der Waals surface area contributed by atoms with Gasteiger partial charge < -0.3 is 5.32 Å². The molecular formula is C21H23F3N2O3S. The molecule has 0 aliphatic carbocycles. The number of benzene rings is 2. The van der Waals surface area contributed by atoms with Crippen molar-refractivity contribution in [2.24, 2.45) is 5.92 Å². The van der Waals surface area contributed by atoms with Crippen LogP contribution in [0.25, 0.3) is 0 Å². The van der Waals surface area contributed by atoms with Gasteiger partial charge in [-0.15, -0.1) is 0 Å². The SMILES string of the molecule is Cc1ccc(CS(=O)(=O)N2CCC(C(=O)Nc3ccc(C(F)(F)F)cc3)CC2)cc1. The van der Waals surface area contributed by atoms with E-state index in [1.165, 1.54) is 16.4 Å². The number of hydrogen-bond donors (Lipinski definition) is 1. The number of alkyl halides is 3. The molecule has 1 saturated heterocycles. The zero-order valence-corrected chi connectivity index (χ0v) is 17.3. The van der Waals surface area contributed by atoms with E-state index >= 15 is 0 Å². The van der Waals surface area contributed by atoms with Crippen LogP contribution in [0.3, 0.4) is 0 Å². The summed E-state index contributed by atoms with van der Waals surface area (Å²) in [5.74, 6) is -0.793. The third-order valence-corrected chi connectivity index (χ3v) is 7.02. The number of nitrogens with one attached hydrogen (secondary N) is 1. The van der Waals surface area contributed by atoms with Gasteiger partial charge in [0.25, 0.3) is 0 Å². The summed E-state index contributed by atoms with van der Waals surface area (Å²) in [4.78, 5) is 12.4. The summed E-state index contributed by atoms with van der Waals surface area (Å²) in [6.07, 6.45) is -3.71. The molecule has 9 heteroatoms. The van der Waals surface area contributed by atoms with Gasteiger partial charge in [0.15, 0.2) is 0 Å². The molecule has 162 valence electrons. The molecule has 1 aliphatic rings. The first kappa shape index (κ1) is 22.3. The molecule has 1 aliphatic heterocycles. The summed E-state index contributed by atoms with van der Waals surface area (Å²) in [5.41, 5.74) is 1.26. The number of sulfonamides is 1. The molecule has 30 heavy (non-hydrogen) atoms. The van der Waals surface area contributed by atoms with E-state index < -0.39 is 27.7 Å². The van der Waals surface area contributed by atoms with Crippen LogP contribution >= 0.6 is 0 Å². The minimum atomic E-state index is -4.43. The average Bonchev–Trinajstić information content (AvgIpc) is 2.69. The Morgan fingerprint density at radius 3 is 2.13 bits per heavy atom. The van der Waals surface area contributed by atoms with Crippen molar-refractivity contribution in [3.8, 4) is 0 Å². The average molecular weight is 440 g/mol. The number of hydrogen-bond acceptors (Lipinski definition) is 3. The second kappa shape index (κ2) is 8.77. The molecular weight excluding hydrogens is 417 g/mol. The standard InChI is InChI=1S/C21H23F3N2O3S/c1-15-2-4-16(5-3-15)14-30(28,29)26-12-10-17(11-13-26)20(27)25-19-8-6-18(7-9-19)21(22,23)24/h2-9,17H,10-14H2,1H3,(H,25,27). The van der Waals surface area contributed by atoms with Crippen LogP contribution in [0, 0.1) is 12.8 Å². The summed E-state index contributed by atoms with van der Waals surface area (Å²) in [7, 11) is -3.48. The first-order valence-corrected chi connectivity index (χ1v) is 11.2. The van der Waals surface area contributed by atoms with Crippen molar-refractivity contribution in [3.63, 3.8) is 0 Å². The van der Waals surface area contributed by atoms with Crippen molar-refractivity contribution >= 4 is 21.6 Å². The monoisotopic (exact) mass is 440 g/mol. The second-order valence-corrected chi connectivity index (χ2v) is 9.45. The Morgan fingerprint density at radius 1 is 1.03 bits per heavy atom. The van der Waals surface area contributed by atoms with Gasteiger partial charge in [-0.2, -0.15) is 13.2 Å². The van der Waals surface area contributed by atoms with Gasteiger partial charge in [0.1, 0.15) is 0 Å². The molecule has 2 aromatic rings. The lowest BCUT2D eigenvalue weighted by atomic mass is 9.97. The number of nitrogens with zero attached hydrogens (tertiary/aromatic N) is 1. The van der Waals surface area contributed by atoms with Gasteiger partial charge in [-0.1, -0.05) is 29.8 Å². The molecule has 0 unspecified atom stereocenters. The second-order valence-electron chi connectivity index (χ2n) is 7.48. The van der Waals surface area contributed by atoms with Gasteiger partial charge in [0.05, 0.1) is 11.3 Å². The number of halogens is 3. The summed E-state index contributed by atoms with van der Waals surface area (Å²) < 4.78 is 64.6. The van der Waals surface area contributed by atoms with Crippen molar-refractivity contribution in [2.45, 2.75) is 31.7 Å². The van der Waals surface area contributed by atoms with Gasteiger partial charge in [0.2, 0.25) is 15.9 Å². The number of carbonyl (C=O) groups excluding carboxylic acids is 1. The lowest BCUT2D eigenvalue weighted by Gasteiger charge is -2.30. The molecule has 1 amide bonds. The van der Waals surface area contributed by atoms with Crippen molar-refractivity contribution in [2.75, 3.05) is 18.4 Å². The maximum Gasteiger partial charge on any atom is 0.416 e. The highest BCUT2D eigenvalue weighted by Crippen LogP contribution is 2.30. The maximum absolute atomic E-state index is 12.7. The lowest BCUT2D eigenvalue weighted by Crippen LogP contribution is -2.41. The molecule has 1 N–H and O–H groups in total. The van der Waals surface area contributed by atoms with E-state index in [0.29, 0.717) is 18.4 Å². The summed E-state index contributed by atoms with van der Waals surface area (Å²) in [5, 5.41) is 2.61. The minimum absolute atomic E-state index is 0.0876. The molecule has 5 nitrogen and oxygen atoms in total. The Balaban J connectivity index is 1.54. The van der Waals surface area contributed by atoms with Crippen molar-refractivity contribution < 1.29 is 26.4 Å². The first-order valence-electron chi connectivity index (χ1n) is 9.56. The zero-order valence-electron chi connectivity index (χ0n) is 16.4. The van der Waals surface area contributed by atoms with E-state index in [0.717, 1.165) is 17.7 Å². The van der Waals surface area contributed by atoms with Crippen molar-refractivity contribution in [1.82, 2.24) is 4.31 Å². The highest BCUT2D eigenvalue weighted by molar-refractivity contribution is 7.88. The van der Waals surface area contributed by atoms with Crippen LogP contribution in [0.1, 0.15) is 29.5 Å². The zero-order chi connectivity index (χ0) is 21.9. The molecule has 1 heterocycles. The van der Waals surface area contributed by atoms with E-state index in [4.69, 9.17) is 0 Å². The largest absolute Gasteiger partial charge is 0.416 e. The minimum Gasteiger partial charge on any atom is -0.326 e. The van der Waals surface area contributed by atoms with Crippen LogP contribution in [-0.2, 0) is 26.7 Å². The summed E-state index contributed by atoms with van der Waals surface area (Å²) in [6.45, 7) is 2.40. The molecule has 0 spiro atoms. The summed E-state index contributed by atoms with van der Waals surface area (Å²) >= 11 is 0. The molecule has 2 aromatic carbocycles. The fourth-order valence-electron chi connectivity index (χ4n) is 3.37. The van der Waals surface area contributed by atoms with Crippen molar-refractivity contribution in [1.29, 1.82) is 0 Å². The van der Waals surface area contributed by atoms with Crippen LogP contribution in [0.5, 0.6) is 0 Å². The topological polar surface area (TPSA) is 66.5 Å². The number of anilines is 1. The molecule has 0 atom stereocenters. The lowest BCUT2D eigenvalue weighted by molar-refractivity contribution is -0.137. The smallest absolute Gasteiger partial charge is 0.326 e. The van der Waals surface area contributed by atoms with E-state index in [2.05, 4.69) is 5.32 Å². The Labute approximate surface area is 173 Å². The third-order valence-electron chi connectivity index (χ3n) is 5.17. The van der Waals surface area contributed by atoms with Crippen LogP contribution in [-0.4, -0.2) is 31.7 Å². The third kappa shape index (κ3) is 5.60. The van der Waals surface area contributed by atoms with Gasteiger partial charge in [-0.3, -0.25) is 4.79 Å². The highest BCUT2D eigenvalue weighted by atomic mass is 32.2. The molecule has 0 radical (unpaired) electrons. The fourth-order valence-corrected chi connectivity index (χ4v) is 4.93. The molecule has 0 aromatic heterocycles. The maximum atomic E-state index is 12.7. The number of amides is 1. The fraction of sp³-hybridized carbons (Fsp3) is 0.381. The van der Waals surface area contributed by atoms with Crippen LogP contribution < -0.4 is 5.32 Å². The predicted molar refractivity (Wildman–Crippen MR) is 108 cm³/mol. The van der Waals surface area contributed by atoms with Crippen LogP contribution in [0.15, 0.2) is 48.5 Å². The molecule has 1 fully saturated rings. The number of carbonyl (C=O) groups is 1. The predicted octanol–water partition coefficient (Wildman–Crippen LogP) is 4.19. The van der Waals surface area contributed by atoms with E-state index in [-0.39, 0.29) is 30.4 Å². The number of aryl methyl sites for hydroxylation is 1. The van der Waals surface area contributed by atoms with E-state index in [9.17, 15) is 26.4 Å². The molecule has 3 rings (SSSR count). The Morgan fingerprint density at radius 2 is 1.60 bits per heavy atom. The quantitative estimate of drug-likeness (QED) is 0.758. The van der Waals surface area contributed by atoms with Gasteiger partial charge in [0, 0.05) is 24.7 Å². The van der Waals surface area contributed by atoms with E-state index in [1.54, 1.807) is 12.1 Å². The Kier molecular flexibility index (Phi) is 6.52. The van der Waals surface area contributed by atoms with Crippen LogP contribution in [0.4, 0.5) is 18.9 Å². The van der Waals surface area contributed by atoms with Gasteiger partial charge in [-0.05, 0) is 49.6 Å². The Hall–Kier alpha value is -2.39. The first-order chi connectivity index (χ1) is 14.0. The normalized spacial score (nSPS) is 16.4. The Bertz CT molecular complexity index is 980. The number of rotatable bonds is 5. The van der Waals surface area contributed by atoms with E-state index in [1.807, 2.05) is 19.1 Å². The number of piperidine rings is 1. The molecule has 0 saturated carbocycles. The van der Waals surface area contributed by atoms with Crippen LogP contribution in [0.2, 0.25) is 0 Å².